The van der Waals surface area contributed by atoms with E-state index in [1.165, 1.54) is 0 Å². The summed E-state index contributed by atoms with van der Waals surface area (Å²) in [7, 11) is 1.73. The van der Waals surface area contributed by atoms with Crippen LogP contribution in [0.25, 0.3) is 11.3 Å². The molecule has 2 rings (SSSR count). The molecule has 0 radical (unpaired) electrons. The lowest BCUT2D eigenvalue weighted by Gasteiger charge is -2.15. The third-order valence-corrected chi connectivity index (χ3v) is 3.08. The highest BCUT2D eigenvalue weighted by molar-refractivity contribution is 5.73. The number of pyridine rings is 1. The van der Waals surface area contributed by atoms with Crippen LogP contribution in [0.2, 0.25) is 0 Å². The van der Waals surface area contributed by atoms with Crippen molar-refractivity contribution in [2.24, 2.45) is 0 Å². The van der Waals surface area contributed by atoms with E-state index in [4.69, 9.17) is 4.52 Å². The van der Waals surface area contributed by atoms with Gasteiger partial charge < -0.3 is 14.7 Å². The smallest absolute Gasteiger partial charge is 0.317 e. The fraction of sp³-hybridized carbons (Fsp3) is 0.400. The Bertz CT molecular complexity index is 568. The van der Waals surface area contributed by atoms with E-state index in [1.54, 1.807) is 24.3 Å². The minimum atomic E-state index is -0.106. The minimum absolute atomic E-state index is 0.106. The van der Waals surface area contributed by atoms with Crippen LogP contribution >= 0.6 is 0 Å². The number of urea groups is 1. The Balaban J connectivity index is 1.91. The molecule has 0 atom stereocenters. The number of rotatable bonds is 6. The summed E-state index contributed by atoms with van der Waals surface area (Å²) in [5.41, 5.74) is 1.68. The van der Waals surface area contributed by atoms with Crippen LogP contribution in [0.5, 0.6) is 0 Å². The van der Waals surface area contributed by atoms with Crippen LogP contribution in [0.15, 0.2) is 35.1 Å². The predicted molar refractivity (Wildman–Crippen MR) is 79.5 cm³/mol. The lowest BCUT2D eigenvalue weighted by Crippen LogP contribution is -2.37. The molecule has 0 saturated carbocycles. The molecule has 0 saturated heterocycles. The van der Waals surface area contributed by atoms with Gasteiger partial charge in [-0.05, 0) is 18.6 Å². The fourth-order valence-electron chi connectivity index (χ4n) is 1.86. The summed E-state index contributed by atoms with van der Waals surface area (Å²) >= 11 is 0. The molecule has 2 heterocycles. The van der Waals surface area contributed by atoms with Gasteiger partial charge in [0.15, 0.2) is 5.76 Å². The Morgan fingerprint density at radius 3 is 2.86 bits per heavy atom. The molecular weight excluding hydrogens is 268 g/mol. The molecule has 0 spiro atoms. The minimum Gasteiger partial charge on any atom is -0.359 e. The van der Waals surface area contributed by atoms with Crippen LogP contribution in [-0.4, -0.2) is 34.7 Å². The molecule has 2 aromatic rings. The highest BCUT2D eigenvalue weighted by Crippen LogP contribution is 2.18. The maximum atomic E-state index is 11.8. The van der Waals surface area contributed by atoms with Gasteiger partial charge in [0, 0.05) is 37.6 Å². The van der Waals surface area contributed by atoms with E-state index < -0.39 is 0 Å². The first-order valence-electron chi connectivity index (χ1n) is 7.05. The van der Waals surface area contributed by atoms with E-state index in [0.29, 0.717) is 18.8 Å². The van der Waals surface area contributed by atoms with E-state index in [1.807, 2.05) is 18.2 Å². The number of carbonyl (C=O) groups excluding carboxylic acids is 1. The molecule has 0 aliphatic rings. The van der Waals surface area contributed by atoms with Gasteiger partial charge in [-0.2, -0.15) is 0 Å². The second-order valence-corrected chi connectivity index (χ2v) is 4.86. The first-order valence-corrected chi connectivity index (χ1v) is 7.05. The Morgan fingerprint density at radius 2 is 2.14 bits per heavy atom. The Morgan fingerprint density at radius 1 is 1.38 bits per heavy atom. The highest BCUT2D eigenvalue weighted by atomic mass is 16.5. The van der Waals surface area contributed by atoms with Gasteiger partial charge >= 0.3 is 6.03 Å². The van der Waals surface area contributed by atoms with Gasteiger partial charge in [0.1, 0.15) is 5.69 Å². The van der Waals surface area contributed by atoms with Gasteiger partial charge in [-0.1, -0.05) is 18.5 Å². The summed E-state index contributed by atoms with van der Waals surface area (Å²) in [6.45, 7) is 3.17. The van der Waals surface area contributed by atoms with Gasteiger partial charge in [0.2, 0.25) is 0 Å². The molecule has 2 aromatic heterocycles. The first kappa shape index (κ1) is 15.0. The van der Waals surface area contributed by atoms with Gasteiger partial charge in [0.25, 0.3) is 0 Å². The van der Waals surface area contributed by atoms with Gasteiger partial charge in [-0.15, -0.1) is 0 Å². The zero-order chi connectivity index (χ0) is 15.1. The van der Waals surface area contributed by atoms with Crippen LogP contribution in [0, 0.1) is 0 Å². The van der Waals surface area contributed by atoms with E-state index in [0.717, 1.165) is 24.1 Å². The van der Waals surface area contributed by atoms with Crippen LogP contribution in [0.1, 0.15) is 25.5 Å². The molecule has 6 nitrogen and oxygen atoms in total. The molecule has 0 aliphatic carbocycles. The first-order chi connectivity index (χ1) is 10.2. The van der Waals surface area contributed by atoms with Crippen LogP contribution < -0.4 is 5.32 Å². The van der Waals surface area contributed by atoms with Gasteiger partial charge in [-0.3, -0.25) is 4.98 Å². The summed E-state index contributed by atoms with van der Waals surface area (Å²) in [5, 5.41) is 6.87. The van der Waals surface area contributed by atoms with Crippen molar-refractivity contribution < 1.29 is 9.32 Å². The number of nitrogens with zero attached hydrogens (tertiary/aromatic N) is 3. The molecule has 0 aliphatic heterocycles. The Hall–Kier alpha value is -2.37. The second kappa shape index (κ2) is 7.42. The third kappa shape index (κ3) is 4.30. The zero-order valence-corrected chi connectivity index (χ0v) is 12.4. The zero-order valence-electron chi connectivity index (χ0n) is 12.4. The number of hydrogen-bond donors (Lipinski definition) is 1. The van der Waals surface area contributed by atoms with Crippen molar-refractivity contribution in [3.63, 3.8) is 0 Å². The van der Waals surface area contributed by atoms with E-state index in [2.05, 4.69) is 22.4 Å². The summed E-state index contributed by atoms with van der Waals surface area (Å²) in [6.07, 6.45) is 5.45. The van der Waals surface area contributed by atoms with Crippen molar-refractivity contribution >= 4 is 6.03 Å². The van der Waals surface area contributed by atoms with E-state index in [9.17, 15) is 4.79 Å². The molecule has 0 bridgehead atoms. The van der Waals surface area contributed by atoms with Crippen molar-refractivity contribution in [1.29, 1.82) is 0 Å². The summed E-state index contributed by atoms with van der Waals surface area (Å²) in [5.74, 6) is 0.648. The maximum Gasteiger partial charge on any atom is 0.317 e. The largest absolute Gasteiger partial charge is 0.359 e. The van der Waals surface area contributed by atoms with Crippen molar-refractivity contribution in [3.8, 4) is 11.3 Å². The molecule has 21 heavy (non-hydrogen) atoms. The molecule has 112 valence electrons. The molecule has 1 N–H and O–H groups in total. The van der Waals surface area contributed by atoms with Gasteiger partial charge in [-0.25, -0.2) is 4.79 Å². The van der Waals surface area contributed by atoms with E-state index >= 15 is 0 Å². The number of aromatic nitrogens is 2. The Labute approximate surface area is 124 Å². The maximum absolute atomic E-state index is 11.8. The monoisotopic (exact) mass is 288 g/mol. The Kier molecular flexibility index (Phi) is 5.31. The van der Waals surface area contributed by atoms with Crippen LogP contribution in [0.3, 0.4) is 0 Å². The average Bonchev–Trinajstić information content (AvgIpc) is 2.97. The lowest BCUT2D eigenvalue weighted by atomic mass is 10.2. The number of amides is 2. The van der Waals surface area contributed by atoms with Crippen molar-refractivity contribution in [2.45, 2.75) is 26.3 Å². The van der Waals surface area contributed by atoms with Crippen LogP contribution in [0.4, 0.5) is 4.79 Å². The van der Waals surface area contributed by atoms with Crippen molar-refractivity contribution in [3.05, 3.63) is 36.4 Å². The summed E-state index contributed by atoms with van der Waals surface area (Å²) < 4.78 is 5.27. The fourth-order valence-corrected chi connectivity index (χ4v) is 1.86. The molecular formula is C15H20N4O2. The molecule has 6 heteroatoms. The molecule has 0 fully saturated rings. The summed E-state index contributed by atoms with van der Waals surface area (Å²) in [6, 6.07) is 5.46. The SMILES string of the molecule is CCCCNC(=O)N(C)Cc1cc(-c2ccncc2)no1. The number of unbranched alkanes of at least 4 members (excludes halogenated alkanes) is 1. The topological polar surface area (TPSA) is 71.3 Å². The highest BCUT2D eigenvalue weighted by Gasteiger charge is 2.12. The van der Waals surface area contributed by atoms with Crippen molar-refractivity contribution in [1.82, 2.24) is 20.4 Å². The lowest BCUT2D eigenvalue weighted by molar-refractivity contribution is 0.200. The predicted octanol–water partition coefficient (Wildman–Crippen LogP) is 2.68. The number of hydrogen-bond acceptors (Lipinski definition) is 4. The van der Waals surface area contributed by atoms with Gasteiger partial charge in [0.05, 0.1) is 6.54 Å². The molecule has 0 aromatic carbocycles. The molecule has 0 unspecified atom stereocenters. The standard InChI is InChI=1S/C15H20N4O2/c1-3-4-7-17-15(20)19(2)11-13-10-14(18-21-13)12-5-8-16-9-6-12/h5-6,8-10H,3-4,7,11H2,1-2H3,(H,17,20). The number of carbonyl (C=O) groups is 1. The van der Waals surface area contributed by atoms with Crippen molar-refractivity contribution in [2.75, 3.05) is 13.6 Å². The second-order valence-electron chi connectivity index (χ2n) is 4.86. The quantitative estimate of drug-likeness (QED) is 0.830. The van der Waals surface area contributed by atoms with Crippen LogP contribution in [-0.2, 0) is 6.54 Å². The summed E-state index contributed by atoms with van der Waals surface area (Å²) in [4.78, 5) is 17.4. The normalized spacial score (nSPS) is 10.4. The average molecular weight is 288 g/mol. The third-order valence-electron chi connectivity index (χ3n) is 3.08. The number of nitrogens with one attached hydrogen (secondary N) is 1. The van der Waals surface area contributed by atoms with E-state index in [-0.39, 0.29) is 6.03 Å². The molecule has 2 amide bonds.